The van der Waals surface area contributed by atoms with Gasteiger partial charge in [0.2, 0.25) is 0 Å². The van der Waals surface area contributed by atoms with E-state index in [1.54, 1.807) is 19.4 Å². The summed E-state index contributed by atoms with van der Waals surface area (Å²) in [5.74, 6) is 0.935. The molecule has 4 rings (SSSR count). The van der Waals surface area contributed by atoms with Gasteiger partial charge in [-0.3, -0.25) is 0 Å². The van der Waals surface area contributed by atoms with Gasteiger partial charge in [0.25, 0.3) is 0 Å². The Bertz CT molecular complexity index is 1050. The average Bonchev–Trinajstić information content (AvgIpc) is 3.40. The first kappa shape index (κ1) is 22.3. The number of aromatic amines is 1. The van der Waals surface area contributed by atoms with Gasteiger partial charge in [0.1, 0.15) is 6.61 Å². The van der Waals surface area contributed by atoms with E-state index in [1.807, 2.05) is 24.3 Å². The lowest BCUT2D eigenvalue weighted by Crippen LogP contribution is -2.28. The van der Waals surface area contributed by atoms with E-state index < -0.39 is 5.97 Å². The van der Waals surface area contributed by atoms with Crippen molar-refractivity contribution in [2.45, 2.75) is 18.9 Å². The standard InChI is InChI=1S/C22H23ClN2O4.ClH/c1-27-21-8-13(5-6-20(21)29-12-14-4-3-7-24-14)15-9-16-17(22(26)28-2)11-25-19(16)10-18(15)23;/h5-6,8-11,14,24-25H,3-4,7,12H2,1-2H3;1H/t14-;/m0./s1. The largest absolute Gasteiger partial charge is 0.493 e. The minimum atomic E-state index is -0.397. The summed E-state index contributed by atoms with van der Waals surface area (Å²) in [6, 6.07) is 9.80. The van der Waals surface area contributed by atoms with Crippen LogP contribution in [0.2, 0.25) is 5.02 Å². The van der Waals surface area contributed by atoms with Gasteiger partial charge in [-0.25, -0.2) is 4.79 Å². The summed E-state index contributed by atoms with van der Waals surface area (Å²) in [4.78, 5) is 15.1. The molecule has 0 bridgehead atoms. The number of hydrogen-bond acceptors (Lipinski definition) is 5. The van der Waals surface area contributed by atoms with Gasteiger partial charge in [0.05, 0.1) is 24.8 Å². The summed E-state index contributed by atoms with van der Waals surface area (Å²) in [5, 5.41) is 4.74. The van der Waals surface area contributed by atoms with Gasteiger partial charge >= 0.3 is 5.97 Å². The highest BCUT2D eigenvalue weighted by Crippen LogP contribution is 2.38. The van der Waals surface area contributed by atoms with Gasteiger partial charge in [-0.15, -0.1) is 12.4 Å². The molecule has 2 aromatic carbocycles. The molecular weight excluding hydrogens is 427 g/mol. The molecule has 0 saturated carbocycles. The van der Waals surface area contributed by atoms with Crippen LogP contribution >= 0.6 is 24.0 Å². The highest BCUT2D eigenvalue weighted by atomic mass is 35.5. The van der Waals surface area contributed by atoms with E-state index in [0.29, 0.717) is 34.7 Å². The Hall–Kier alpha value is -2.41. The molecule has 30 heavy (non-hydrogen) atoms. The van der Waals surface area contributed by atoms with Crippen LogP contribution in [0.5, 0.6) is 11.5 Å². The zero-order chi connectivity index (χ0) is 20.4. The number of benzene rings is 2. The molecule has 1 aliphatic heterocycles. The van der Waals surface area contributed by atoms with Gasteiger partial charge < -0.3 is 24.5 Å². The number of halogens is 2. The number of carbonyl (C=O) groups excluding carboxylic acids is 1. The van der Waals surface area contributed by atoms with Gasteiger partial charge in [-0.1, -0.05) is 17.7 Å². The first-order valence-electron chi connectivity index (χ1n) is 9.54. The number of methoxy groups -OCH3 is 2. The van der Waals surface area contributed by atoms with E-state index in [1.165, 1.54) is 13.5 Å². The van der Waals surface area contributed by atoms with Crippen LogP contribution in [0.4, 0.5) is 0 Å². The Balaban J connectivity index is 0.00000256. The van der Waals surface area contributed by atoms with Crippen molar-refractivity contribution >= 4 is 40.9 Å². The number of esters is 1. The van der Waals surface area contributed by atoms with E-state index in [9.17, 15) is 4.79 Å². The summed E-state index contributed by atoms with van der Waals surface area (Å²) >= 11 is 6.53. The first-order chi connectivity index (χ1) is 14.1. The van der Waals surface area contributed by atoms with Crippen molar-refractivity contribution < 1.29 is 19.0 Å². The number of nitrogens with one attached hydrogen (secondary N) is 2. The lowest BCUT2D eigenvalue weighted by atomic mass is 10.0. The van der Waals surface area contributed by atoms with Crippen molar-refractivity contribution in [2.75, 3.05) is 27.4 Å². The minimum absolute atomic E-state index is 0. The highest BCUT2D eigenvalue weighted by Gasteiger charge is 2.18. The number of H-pyrrole nitrogens is 1. The van der Waals surface area contributed by atoms with E-state index in [0.717, 1.165) is 35.0 Å². The predicted molar refractivity (Wildman–Crippen MR) is 120 cm³/mol. The fourth-order valence-corrected chi connectivity index (χ4v) is 3.96. The van der Waals surface area contributed by atoms with Crippen LogP contribution in [-0.4, -0.2) is 44.4 Å². The van der Waals surface area contributed by atoms with Crippen LogP contribution in [-0.2, 0) is 4.74 Å². The first-order valence-corrected chi connectivity index (χ1v) is 9.92. The van der Waals surface area contributed by atoms with Crippen LogP contribution in [0.3, 0.4) is 0 Å². The lowest BCUT2D eigenvalue weighted by molar-refractivity contribution is 0.0603. The van der Waals surface area contributed by atoms with Gasteiger partial charge in [0, 0.05) is 28.7 Å². The Morgan fingerprint density at radius 1 is 1.20 bits per heavy atom. The fourth-order valence-electron chi connectivity index (χ4n) is 3.69. The molecule has 1 saturated heterocycles. The summed E-state index contributed by atoms with van der Waals surface area (Å²) in [6.45, 7) is 1.64. The number of aromatic nitrogens is 1. The van der Waals surface area contributed by atoms with Crippen molar-refractivity contribution in [1.82, 2.24) is 10.3 Å². The van der Waals surface area contributed by atoms with Gasteiger partial charge in [-0.05, 0) is 49.2 Å². The van der Waals surface area contributed by atoms with Crippen LogP contribution in [0.15, 0.2) is 36.5 Å². The second kappa shape index (κ2) is 9.60. The van der Waals surface area contributed by atoms with Crippen molar-refractivity contribution in [2.24, 2.45) is 0 Å². The zero-order valence-electron chi connectivity index (χ0n) is 16.8. The fraction of sp³-hybridized carbons (Fsp3) is 0.318. The number of ether oxygens (including phenoxy) is 3. The smallest absolute Gasteiger partial charge is 0.340 e. The second-order valence-electron chi connectivity index (χ2n) is 7.04. The van der Waals surface area contributed by atoms with E-state index in [4.69, 9.17) is 25.8 Å². The summed E-state index contributed by atoms with van der Waals surface area (Å²) < 4.78 is 16.4. The molecule has 2 N–H and O–H groups in total. The van der Waals surface area contributed by atoms with Crippen molar-refractivity contribution in [3.05, 3.63) is 47.1 Å². The maximum atomic E-state index is 12.0. The number of fused-ring (bicyclic) bond motifs is 1. The average molecular weight is 451 g/mol. The van der Waals surface area contributed by atoms with Crippen LogP contribution in [0, 0.1) is 0 Å². The maximum absolute atomic E-state index is 12.0. The quantitative estimate of drug-likeness (QED) is 0.525. The molecule has 1 fully saturated rings. The van der Waals surface area contributed by atoms with Crippen LogP contribution in [0.25, 0.3) is 22.0 Å². The van der Waals surface area contributed by atoms with Crippen LogP contribution < -0.4 is 14.8 Å². The van der Waals surface area contributed by atoms with Crippen LogP contribution in [0.1, 0.15) is 23.2 Å². The molecule has 0 radical (unpaired) electrons. The SMILES string of the molecule is COC(=O)c1c[nH]c2cc(Cl)c(-c3ccc(OC[C@@H]4CCCN4)c(OC)c3)cc12.Cl. The summed E-state index contributed by atoms with van der Waals surface area (Å²) in [7, 11) is 2.98. The minimum Gasteiger partial charge on any atom is -0.493 e. The Labute approximate surface area is 186 Å². The third-order valence-electron chi connectivity index (χ3n) is 5.25. The molecule has 1 atom stereocenters. The molecule has 6 nitrogen and oxygen atoms in total. The molecule has 0 amide bonds. The molecule has 1 aliphatic rings. The molecule has 1 aromatic heterocycles. The Morgan fingerprint density at radius 2 is 2.03 bits per heavy atom. The second-order valence-corrected chi connectivity index (χ2v) is 7.45. The summed E-state index contributed by atoms with van der Waals surface area (Å²) in [6.07, 6.45) is 3.93. The van der Waals surface area contributed by atoms with Gasteiger partial charge in [0.15, 0.2) is 11.5 Å². The highest BCUT2D eigenvalue weighted by molar-refractivity contribution is 6.34. The van der Waals surface area contributed by atoms with E-state index in [-0.39, 0.29) is 12.4 Å². The molecule has 8 heteroatoms. The molecular formula is C22H24Cl2N2O4. The molecule has 0 spiro atoms. The maximum Gasteiger partial charge on any atom is 0.340 e. The topological polar surface area (TPSA) is 72.6 Å². The van der Waals surface area contributed by atoms with Crippen molar-refractivity contribution in [3.8, 4) is 22.6 Å². The lowest BCUT2D eigenvalue weighted by Gasteiger charge is -2.16. The monoisotopic (exact) mass is 450 g/mol. The third kappa shape index (κ3) is 4.36. The summed E-state index contributed by atoms with van der Waals surface area (Å²) in [5.41, 5.74) is 2.91. The molecule has 3 aromatic rings. The molecule has 0 unspecified atom stereocenters. The zero-order valence-corrected chi connectivity index (χ0v) is 18.4. The van der Waals surface area contributed by atoms with E-state index >= 15 is 0 Å². The van der Waals surface area contributed by atoms with Crippen molar-refractivity contribution in [3.63, 3.8) is 0 Å². The predicted octanol–water partition coefficient (Wildman–Crippen LogP) is 4.84. The van der Waals surface area contributed by atoms with Gasteiger partial charge in [-0.2, -0.15) is 0 Å². The third-order valence-corrected chi connectivity index (χ3v) is 5.56. The molecule has 2 heterocycles. The number of rotatable bonds is 6. The molecule has 0 aliphatic carbocycles. The van der Waals surface area contributed by atoms with E-state index in [2.05, 4.69) is 10.3 Å². The Morgan fingerprint density at radius 3 is 2.73 bits per heavy atom. The number of hydrogen-bond donors (Lipinski definition) is 2. The molecule has 160 valence electrons. The number of carbonyl (C=O) groups is 1. The Kier molecular flexibility index (Phi) is 7.13. The van der Waals surface area contributed by atoms with Crippen molar-refractivity contribution in [1.29, 1.82) is 0 Å². The normalized spacial score (nSPS) is 15.6.